The monoisotopic (exact) mass is 300 g/mol. The van der Waals surface area contributed by atoms with Crippen LogP contribution >= 0.6 is 0 Å². The maximum atomic E-state index is 12.4. The third-order valence-electron chi connectivity index (χ3n) is 4.09. The molecule has 1 aliphatic rings. The molecule has 1 saturated heterocycles. The first-order chi connectivity index (χ1) is 10.8. The molecule has 0 saturated carbocycles. The van der Waals surface area contributed by atoms with Gasteiger partial charge in [0.05, 0.1) is 12.1 Å². The van der Waals surface area contributed by atoms with Crippen LogP contribution in [0.2, 0.25) is 0 Å². The number of ether oxygens (including phenoxy) is 1. The summed E-state index contributed by atoms with van der Waals surface area (Å²) in [6.07, 6.45) is 5.08. The lowest BCUT2D eigenvalue weighted by atomic mass is 9.82. The van der Waals surface area contributed by atoms with Crippen molar-refractivity contribution in [3.8, 4) is 0 Å². The van der Waals surface area contributed by atoms with Crippen LogP contribution in [0, 0.1) is 0 Å². The van der Waals surface area contributed by atoms with Crippen molar-refractivity contribution < 1.29 is 9.53 Å². The minimum Gasteiger partial charge on any atom is -0.381 e. The second-order valence-corrected chi connectivity index (χ2v) is 5.52. The van der Waals surface area contributed by atoms with E-state index in [4.69, 9.17) is 4.74 Å². The first-order valence-electron chi connectivity index (χ1n) is 7.55. The molecule has 3 rings (SSSR count). The fraction of sp³-hybridized carbons (Fsp3) is 0.438. The molecule has 0 bridgehead atoms. The van der Waals surface area contributed by atoms with E-state index in [9.17, 15) is 4.79 Å². The van der Waals surface area contributed by atoms with Gasteiger partial charge in [-0.3, -0.25) is 9.48 Å². The lowest BCUT2D eigenvalue weighted by Gasteiger charge is -2.38. The highest BCUT2D eigenvalue weighted by Gasteiger charge is 2.35. The van der Waals surface area contributed by atoms with Crippen LogP contribution < -0.4 is 5.32 Å². The van der Waals surface area contributed by atoms with Crippen LogP contribution in [0.3, 0.4) is 0 Å². The van der Waals surface area contributed by atoms with E-state index >= 15 is 0 Å². The summed E-state index contributed by atoms with van der Waals surface area (Å²) in [6.45, 7) is 1.86. The van der Waals surface area contributed by atoms with Crippen LogP contribution in [-0.2, 0) is 21.6 Å². The Morgan fingerprint density at radius 2 is 2.05 bits per heavy atom. The van der Waals surface area contributed by atoms with Gasteiger partial charge in [0.15, 0.2) is 0 Å². The zero-order chi connectivity index (χ0) is 15.3. The third-order valence-corrected chi connectivity index (χ3v) is 4.09. The number of hydrogen-bond donors (Lipinski definition) is 1. The van der Waals surface area contributed by atoms with Gasteiger partial charge in [0.1, 0.15) is 12.7 Å². The first-order valence-corrected chi connectivity index (χ1v) is 7.55. The number of nitrogens with one attached hydrogen (secondary N) is 1. The van der Waals surface area contributed by atoms with Gasteiger partial charge in [0.2, 0.25) is 5.91 Å². The maximum Gasteiger partial charge on any atom is 0.222 e. The van der Waals surface area contributed by atoms with E-state index in [1.54, 1.807) is 11.0 Å². The van der Waals surface area contributed by atoms with Crippen LogP contribution in [0.1, 0.15) is 24.8 Å². The summed E-state index contributed by atoms with van der Waals surface area (Å²) >= 11 is 0. The van der Waals surface area contributed by atoms with E-state index < -0.39 is 0 Å². The van der Waals surface area contributed by atoms with Gasteiger partial charge >= 0.3 is 0 Å². The van der Waals surface area contributed by atoms with Crippen molar-refractivity contribution >= 4 is 5.91 Å². The number of amides is 1. The normalized spacial score (nSPS) is 17.1. The molecule has 0 atom stereocenters. The molecular formula is C16H20N4O2. The van der Waals surface area contributed by atoms with Gasteiger partial charge in [-0.15, -0.1) is 0 Å². The van der Waals surface area contributed by atoms with Gasteiger partial charge in [0, 0.05) is 19.6 Å². The van der Waals surface area contributed by atoms with Crippen molar-refractivity contribution in [3.63, 3.8) is 0 Å². The summed E-state index contributed by atoms with van der Waals surface area (Å²) in [5.41, 5.74) is 0.825. The minimum absolute atomic E-state index is 0.0289. The zero-order valence-electron chi connectivity index (χ0n) is 12.4. The average Bonchev–Trinajstić information content (AvgIpc) is 3.08. The summed E-state index contributed by atoms with van der Waals surface area (Å²) in [4.78, 5) is 16.3. The van der Waals surface area contributed by atoms with Crippen molar-refractivity contribution in [2.45, 2.75) is 31.3 Å². The Labute approximate surface area is 129 Å². The van der Waals surface area contributed by atoms with Gasteiger partial charge in [0.25, 0.3) is 0 Å². The van der Waals surface area contributed by atoms with E-state index in [2.05, 4.69) is 27.5 Å². The Morgan fingerprint density at radius 1 is 1.27 bits per heavy atom. The minimum atomic E-state index is -0.320. The summed E-state index contributed by atoms with van der Waals surface area (Å²) in [7, 11) is 0. The zero-order valence-corrected chi connectivity index (χ0v) is 12.4. The van der Waals surface area contributed by atoms with Gasteiger partial charge in [-0.05, 0) is 18.4 Å². The van der Waals surface area contributed by atoms with Crippen molar-refractivity contribution in [2.75, 3.05) is 13.2 Å². The lowest BCUT2D eigenvalue weighted by Crippen LogP contribution is -2.49. The van der Waals surface area contributed by atoms with Crippen molar-refractivity contribution in [1.82, 2.24) is 20.1 Å². The van der Waals surface area contributed by atoms with Crippen molar-refractivity contribution in [3.05, 3.63) is 48.5 Å². The van der Waals surface area contributed by atoms with E-state index in [0.29, 0.717) is 26.2 Å². The van der Waals surface area contributed by atoms with Gasteiger partial charge < -0.3 is 10.1 Å². The van der Waals surface area contributed by atoms with Gasteiger partial charge in [-0.25, -0.2) is 4.98 Å². The molecule has 1 amide bonds. The van der Waals surface area contributed by atoms with Crippen LogP contribution in [0.15, 0.2) is 43.0 Å². The molecule has 1 aromatic heterocycles. The topological polar surface area (TPSA) is 69.0 Å². The lowest BCUT2D eigenvalue weighted by molar-refractivity contribution is -0.124. The Bertz CT molecular complexity index is 592. The van der Waals surface area contributed by atoms with Gasteiger partial charge in [-0.1, -0.05) is 30.3 Å². The van der Waals surface area contributed by atoms with Crippen molar-refractivity contribution in [2.24, 2.45) is 0 Å². The molecule has 1 aromatic carbocycles. The molecule has 1 aliphatic heterocycles. The number of carbonyl (C=O) groups is 1. The number of aromatic nitrogens is 3. The van der Waals surface area contributed by atoms with E-state index in [1.807, 2.05) is 18.2 Å². The summed E-state index contributed by atoms with van der Waals surface area (Å²) in [5, 5.41) is 7.25. The molecule has 6 heteroatoms. The largest absolute Gasteiger partial charge is 0.381 e. The van der Waals surface area contributed by atoms with Crippen LogP contribution in [0.5, 0.6) is 0 Å². The molecule has 6 nitrogen and oxygen atoms in total. The Balaban J connectivity index is 1.69. The van der Waals surface area contributed by atoms with Crippen molar-refractivity contribution in [1.29, 1.82) is 0 Å². The smallest absolute Gasteiger partial charge is 0.222 e. The van der Waals surface area contributed by atoms with E-state index in [1.165, 1.54) is 6.33 Å². The molecule has 0 unspecified atom stereocenters. The van der Waals surface area contributed by atoms with Crippen LogP contribution in [-0.4, -0.2) is 33.9 Å². The molecule has 2 aromatic rings. The predicted octanol–water partition coefficient (Wildman–Crippen LogP) is 1.49. The number of aryl methyl sites for hydroxylation is 1. The maximum absolute atomic E-state index is 12.4. The Morgan fingerprint density at radius 3 is 2.73 bits per heavy atom. The number of nitrogens with zero attached hydrogens (tertiary/aromatic N) is 3. The first kappa shape index (κ1) is 14.7. The second-order valence-electron chi connectivity index (χ2n) is 5.52. The molecule has 22 heavy (non-hydrogen) atoms. The quantitative estimate of drug-likeness (QED) is 0.908. The summed E-state index contributed by atoms with van der Waals surface area (Å²) in [5.74, 6) is 0.0289. The number of benzene rings is 1. The molecule has 1 N–H and O–H groups in total. The highest BCUT2D eigenvalue weighted by atomic mass is 16.5. The molecule has 1 fully saturated rings. The molecule has 2 heterocycles. The summed E-state index contributed by atoms with van der Waals surface area (Å²) < 4.78 is 7.14. The predicted molar refractivity (Wildman–Crippen MR) is 81.0 cm³/mol. The average molecular weight is 300 g/mol. The number of hydrogen-bond acceptors (Lipinski definition) is 4. The molecule has 0 aliphatic carbocycles. The highest BCUT2D eigenvalue weighted by molar-refractivity contribution is 5.77. The van der Waals surface area contributed by atoms with E-state index in [-0.39, 0.29) is 11.4 Å². The SMILES string of the molecule is O=C(CCn1cncn1)NC1(c2ccccc2)CCOCC1. The van der Waals surface area contributed by atoms with Gasteiger partial charge in [-0.2, -0.15) is 5.10 Å². The molecule has 0 spiro atoms. The van der Waals surface area contributed by atoms with E-state index in [0.717, 1.165) is 18.4 Å². The fourth-order valence-corrected chi connectivity index (χ4v) is 2.86. The molecule has 116 valence electrons. The third kappa shape index (κ3) is 3.33. The number of rotatable bonds is 5. The Hall–Kier alpha value is -2.21. The summed E-state index contributed by atoms with van der Waals surface area (Å²) in [6, 6.07) is 10.2. The second kappa shape index (κ2) is 6.70. The fourth-order valence-electron chi connectivity index (χ4n) is 2.86. The molecular weight excluding hydrogens is 280 g/mol. The van der Waals surface area contributed by atoms with Crippen LogP contribution in [0.25, 0.3) is 0 Å². The number of carbonyl (C=O) groups excluding carboxylic acids is 1. The standard InChI is InChI=1S/C16H20N4O2/c21-15(6-9-20-13-17-12-18-20)19-16(7-10-22-11-8-16)14-4-2-1-3-5-14/h1-5,12-13H,6-11H2,(H,19,21). The van der Waals surface area contributed by atoms with Crippen LogP contribution in [0.4, 0.5) is 0 Å². The molecule has 0 radical (unpaired) electrons. The highest BCUT2D eigenvalue weighted by Crippen LogP contribution is 2.32. The Kier molecular flexibility index (Phi) is 4.48.